The van der Waals surface area contributed by atoms with E-state index >= 15 is 0 Å². The van der Waals surface area contributed by atoms with Gasteiger partial charge in [-0.2, -0.15) is 17.5 Å². The molecule has 5 nitrogen and oxygen atoms in total. The normalized spacial score (nSPS) is 11.2. The third-order valence-corrected chi connectivity index (χ3v) is 3.09. The number of esters is 1. The summed E-state index contributed by atoms with van der Waals surface area (Å²) >= 11 is 0.532. The molecule has 0 saturated heterocycles. The van der Waals surface area contributed by atoms with Crippen LogP contribution < -0.4 is 4.74 Å². The molecule has 110 valence electrons. The number of aromatic carboxylic acids is 1. The molecule has 2 aromatic rings. The molecule has 0 saturated carbocycles. The van der Waals surface area contributed by atoms with Gasteiger partial charge in [0.15, 0.2) is 5.69 Å². The lowest BCUT2D eigenvalue weighted by Gasteiger charge is -2.11. The number of rotatable bonds is 3. The Kier molecular flexibility index (Phi) is 3.94. The van der Waals surface area contributed by atoms with E-state index in [1.807, 2.05) is 0 Å². The fourth-order valence-corrected chi connectivity index (χ4v) is 2.02. The fraction of sp³-hybridized carbons (Fsp3) is 0.0833. The molecule has 0 aliphatic carbocycles. The highest BCUT2D eigenvalue weighted by Gasteiger charge is 2.34. The van der Waals surface area contributed by atoms with Gasteiger partial charge >= 0.3 is 18.1 Å². The molecule has 1 aromatic heterocycles. The number of carboxylic acid groups (broad SMARTS) is 1. The molecule has 21 heavy (non-hydrogen) atoms. The van der Waals surface area contributed by atoms with Crippen molar-refractivity contribution in [1.29, 1.82) is 0 Å². The van der Waals surface area contributed by atoms with Crippen LogP contribution in [0.5, 0.6) is 5.75 Å². The number of alkyl halides is 3. The molecule has 0 aliphatic rings. The van der Waals surface area contributed by atoms with E-state index in [0.717, 1.165) is 24.3 Å². The Morgan fingerprint density at radius 3 is 2.48 bits per heavy atom. The van der Waals surface area contributed by atoms with E-state index in [2.05, 4.69) is 9.11 Å². The number of hydrogen-bond acceptors (Lipinski definition) is 5. The summed E-state index contributed by atoms with van der Waals surface area (Å²) in [6.07, 6.45) is -4.67. The van der Waals surface area contributed by atoms with Gasteiger partial charge in [-0.05, 0) is 29.7 Å². The van der Waals surface area contributed by atoms with Crippen LogP contribution in [0.2, 0.25) is 0 Å². The maximum Gasteiger partial charge on any atom is 0.419 e. The van der Waals surface area contributed by atoms with E-state index in [1.165, 1.54) is 6.07 Å². The van der Waals surface area contributed by atoms with Crippen LogP contribution in [-0.2, 0) is 6.18 Å². The van der Waals surface area contributed by atoms with Crippen molar-refractivity contribution in [3.8, 4) is 5.75 Å². The van der Waals surface area contributed by atoms with Crippen molar-refractivity contribution in [2.45, 2.75) is 6.18 Å². The van der Waals surface area contributed by atoms with E-state index in [-0.39, 0.29) is 10.6 Å². The summed E-state index contributed by atoms with van der Waals surface area (Å²) < 4.78 is 46.3. The summed E-state index contributed by atoms with van der Waals surface area (Å²) in [5, 5.41) is 8.66. The molecule has 0 bridgehead atoms. The van der Waals surface area contributed by atoms with Crippen molar-refractivity contribution in [1.82, 2.24) is 4.37 Å². The zero-order chi connectivity index (χ0) is 15.6. The Morgan fingerprint density at radius 2 is 1.90 bits per heavy atom. The first-order valence-electron chi connectivity index (χ1n) is 5.37. The number of carboxylic acids is 1. The summed E-state index contributed by atoms with van der Waals surface area (Å²) in [4.78, 5) is 22.1. The van der Waals surface area contributed by atoms with Gasteiger partial charge in [0.25, 0.3) is 0 Å². The van der Waals surface area contributed by atoms with Crippen molar-refractivity contribution >= 4 is 23.5 Å². The quantitative estimate of drug-likeness (QED) is 0.695. The zero-order valence-electron chi connectivity index (χ0n) is 10.0. The lowest BCUT2D eigenvalue weighted by Crippen LogP contribution is -2.12. The largest absolute Gasteiger partial charge is 0.476 e. The van der Waals surface area contributed by atoms with Crippen LogP contribution in [0, 0.1) is 0 Å². The number of nitrogens with zero attached hydrogens (tertiary/aromatic N) is 1. The van der Waals surface area contributed by atoms with Crippen molar-refractivity contribution in [3.05, 3.63) is 46.5 Å². The summed E-state index contributed by atoms with van der Waals surface area (Å²) in [5.41, 5.74) is -1.47. The minimum absolute atomic E-state index is 0.204. The highest BCUT2D eigenvalue weighted by atomic mass is 32.1. The van der Waals surface area contributed by atoms with Gasteiger partial charge in [-0.3, -0.25) is 0 Å². The van der Waals surface area contributed by atoms with Crippen molar-refractivity contribution in [2.75, 3.05) is 0 Å². The highest BCUT2D eigenvalue weighted by Crippen LogP contribution is 2.36. The van der Waals surface area contributed by atoms with Gasteiger partial charge in [0.2, 0.25) is 0 Å². The van der Waals surface area contributed by atoms with Gasteiger partial charge in [-0.1, -0.05) is 12.1 Å². The maximum absolute atomic E-state index is 12.7. The maximum atomic E-state index is 12.7. The van der Waals surface area contributed by atoms with E-state index in [9.17, 15) is 22.8 Å². The molecule has 0 atom stereocenters. The van der Waals surface area contributed by atoms with Crippen molar-refractivity contribution in [2.24, 2.45) is 0 Å². The van der Waals surface area contributed by atoms with Gasteiger partial charge in [0, 0.05) is 0 Å². The lowest BCUT2D eigenvalue weighted by atomic mass is 10.2. The molecule has 0 fully saturated rings. The van der Waals surface area contributed by atoms with Crippen LogP contribution in [0.3, 0.4) is 0 Å². The minimum atomic E-state index is -4.67. The van der Waals surface area contributed by atoms with E-state index in [1.54, 1.807) is 0 Å². The lowest BCUT2D eigenvalue weighted by molar-refractivity contribution is -0.138. The van der Waals surface area contributed by atoms with Gasteiger partial charge in [0.1, 0.15) is 10.6 Å². The van der Waals surface area contributed by atoms with Crippen LogP contribution >= 0.6 is 11.5 Å². The summed E-state index contributed by atoms with van der Waals surface area (Å²) in [7, 11) is 0. The SMILES string of the molecule is O=C(O)c1cc(C(=O)Oc2ccccc2C(F)(F)F)sn1. The predicted molar refractivity (Wildman–Crippen MR) is 65.5 cm³/mol. The van der Waals surface area contributed by atoms with Crippen LogP contribution in [-0.4, -0.2) is 21.4 Å². The average molecular weight is 317 g/mol. The molecule has 1 aromatic carbocycles. The molecule has 2 rings (SSSR count). The first kappa shape index (κ1) is 15.0. The van der Waals surface area contributed by atoms with Crippen molar-refractivity contribution in [3.63, 3.8) is 0 Å². The standard InChI is InChI=1S/C12H6F3NO4S/c13-12(14,15)6-3-1-2-4-8(6)20-11(19)9-5-7(10(17)18)16-21-9/h1-5H,(H,17,18). The number of carbonyl (C=O) groups excluding carboxylic acids is 1. The first-order valence-corrected chi connectivity index (χ1v) is 6.15. The monoisotopic (exact) mass is 317 g/mol. The second kappa shape index (κ2) is 5.52. The summed E-state index contributed by atoms with van der Waals surface area (Å²) in [6.45, 7) is 0. The van der Waals surface area contributed by atoms with Gasteiger partial charge in [-0.25, -0.2) is 9.59 Å². The molecule has 0 spiro atoms. The number of benzene rings is 1. The minimum Gasteiger partial charge on any atom is -0.476 e. The number of carbonyl (C=O) groups is 2. The molecular formula is C12H6F3NO4S. The Balaban J connectivity index is 2.25. The molecule has 0 radical (unpaired) electrons. The third kappa shape index (κ3) is 3.37. The molecular weight excluding hydrogens is 311 g/mol. The second-order valence-corrected chi connectivity index (χ2v) is 4.57. The highest BCUT2D eigenvalue weighted by molar-refractivity contribution is 7.08. The molecule has 0 amide bonds. The van der Waals surface area contributed by atoms with Gasteiger partial charge in [0.05, 0.1) is 5.56 Å². The van der Waals surface area contributed by atoms with E-state index in [4.69, 9.17) is 5.11 Å². The third-order valence-electron chi connectivity index (χ3n) is 2.33. The summed E-state index contributed by atoms with van der Waals surface area (Å²) in [6, 6.07) is 5.16. The fourth-order valence-electron chi connectivity index (χ4n) is 1.41. The number of para-hydroxylation sites is 1. The van der Waals surface area contributed by atoms with Crippen LogP contribution in [0.15, 0.2) is 30.3 Å². The van der Waals surface area contributed by atoms with Crippen LogP contribution in [0.1, 0.15) is 25.7 Å². The molecule has 0 aliphatic heterocycles. The Bertz CT molecular complexity index is 696. The average Bonchev–Trinajstić information content (AvgIpc) is 2.88. The Morgan fingerprint density at radius 1 is 1.24 bits per heavy atom. The topological polar surface area (TPSA) is 76.5 Å². The van der Waals surface area contributed by atoms with Crippen molar-refractivity contribution < 1.29 is 32.6 Å². The van der Waals surface area contributed by atoms with E-state index < -0.39 is 29.4 Å². The first-order chi connectivity index (χ1) is 9.79. The Hall–Kier alpha value is -2.42. The van der Waals surface area contributed by atoms with Gasteiger partial charge in [-0.15, -0.1) is 0 Å². The number of halogens is 3. The smallest absolute Gasteiger partial charge is 0.419 e. The number of hydrogen-bond donors (Lipinski definition) is 1. The Labute approximate surface area is 119 Å². The van der Waals surface area contributed by atoms with Crippen LogP contribution in [0.4, 0.5) is 13.2 Å². The molecule has 1 N–H and O–H groups in total. The molecule has 1 heterocycles. The number of aromatic nitrogens is 1. The molecule has 0 unspecified atom stereocenters. The zero-order valence-corrected chi connectivity index (χ0v) is 10.9. The summed E-state index contributed by atoms with van der Waals surface area (Å²) in [5.74, 6) is -3.10. The second-order valence-electron chi connectivity index (χ2n) is 3.76. The predicted octanol–water partition coefficient (Wildman–Crippen LogP) is 3.08. The van der Waals surface area contributed by atoms with Gasteiger partial charge < -0.3 is 9.84 Å². The van der Waals surface area contributed by atoms with Crippen LogP contribution in [0.25, 0.3) is 0 Å². The number of ether oxygens (including phenoxy) is 1. The molecule has 9 heteroatoms. The van der Waals surface area contributed by atoms with E-state index in [0.29, 0.717) is 11.5 Å².